The number of nitrogens with one attached hydrogen (secondary N) is 1. The van der Waals surface area contributed by atoms with Gasteiger partial charge in [0.15, 0.2) is 0 Å². The zero-order chi connectivity index (χ0) is 26.7. The van der Waals surface area contributed by atoms with E-state index in [9.17, 15) is 14.9 Å². The Bertz CT molecular complexity index is 1400. The maximum absolute atomic E-state index is 13.1. The van der Waals surface area contributed by atoms with Crippen LogP contribution in [0.3, 0.4) is 0 Å². The summed E-state index contributed by atoms with van der Waals surface area (Å²) in [6.07, 6.45) is 2.71. The Kier molecular flexibility index (Phi) is 7.79. The fraction of sp³-hybridized carbons (Fsp3) is 0.357. The van der Waals surface area contributed by atoms with Gasteiger partial charge in [-0.3, -0.25) is 9.59 Å². The second-order valence-corrected chi connectivity index (χ2v) is 10.5. The molecule has 3 heterocycles. The summed E-state index contributed by atoms with van der Waals surface area (Å²) < 4.78 is 7.13. The number of nitriles is 1. The Hall–Kier alpha value is -3.90. The van der Waals surface area contributed by atoms with Gasteiger partial charge < -0.3 is 19.5 Å². The molecule has 1 aliphatic heterocycles. The molecule has 0 spiro atoms. The van der Waals surface area contributed by atoms with E-state index >= 15 is 0 Å². The van der Waals surface area contributed by atoms with Crippen molar-refractivity contribution in [3.63, 3.8) is 0 Å². The molecule has 1 unspecified atom stereocenters. The van der Waals surface area contributed by atoms with Gasteiger partial charge in [0, 0.05) is 24.0 Å². The smallest absolute Gasteiger partial charge is 0.242 e. The van der Waals surface area contributed by atoms with Crippen LogP contribution >= 0.6 is 11.3 Å². The lowest BCUT2D eigenvalue weighted by atomic mass is 9.97. The lowest BCUT2D eigenvalue weighted by Gasteiger charge is -2.27. The number of carbonyl (C=O) groups excluding carboxylic acids is 2. The molecule has 9 heteroatoms. The summed E-state index contributed by atoms with van der Waals surface area (Å²) in [5, 5.41) is 13.3. The molecule has 2 amide bonds. The maximum atomic E-state index is 13.1. The van der Waals surface area contributed by atoms with Crippen molar-refractivity contribution in [2.45, 2.75) is 52.6 Å². The summed E-state index contributed by atoms with van der Waals surface area (Å²) in [7, 11) is 1.62. The third kappa shape index (κ3) is 5.75. The Morgan fingerprint density at radius 1 is 1.38 bits per heavy atom. The monoisotopic (exact) mass is 517 g/mol. The largest absolute Gasteiger partial charge is 0.497 e. The molecule has 8 nitrogen and oxygen atoms in total. The quantitative estimate of drug-likeness (QED) is 0.459. The molecule has 2 aromatic heterocycles. The number of nitrogens with zero attached hydrogens (tertiary/aromatic N) is 4. The highest BCUT2D eigenvalue weighted by Crippen LogP contribution is 2.37. The Balaban J connectivity index is 1.43. The third-order valence-corrected chi connectivity index (χ3v) is 7.78. The summed E-state index contributed by atoms with van der Waals surface area (Å²) >= 11 is 1.38. The first-order valence-electron chi connectivity index (χ1n) is 12.2. The third-order valence-electron chi connectivity index (χ3n) is 6.65. The van der Waals surface area contributed by atoms with Crippen LogP contribution in [-0.4, -0.2) is 39.9 Å². The number of imidazole rings is 1. The first kappa shape index (κ1) is 26.2. The molecule has 1 aliphatic rings. The molecular weight excluding hydrogens is 486 g/mol. The summed E-state index contributed by atoms with van der Waals surface area (Å²) in [5.74, 6) is 1.34. The Labute approximate surface area is 221 Å². The topological polar surface area (TPSA) is 100 Å². The standard InChI is InChI=1S/C28H31N5O3S/c1-17(2)24-14-33(19(4)30-24)16-27(35)32-10-9-22-23(13-29)28(37-25(22)15-32)31-26(34)11-18(3)20-7-6-8-21(12-20)36-5/h6-8,12,14,18H,1,9-11,15-16H2,2-5H3,(H,31,34). The van der Waals surface area contributed by atoms with Crippen molar-refractivity contribution in [1.29, 1.82) is 5.26 Å². The number of hydrogen-bond acceptors (Lipinski definition) is 6. The van der Waals surface area contributed by atoms with Gasteiger partial charge in [-0.25, -0.2) is 4.98 Å². The van der Waals surface area contributed by atoms with E-state index in [4.69, 9.17) is 4.74 Å². The number of amides is 2. The van der Waals surface area contributed by atoms with Gasteiger partial charge in [0.2, 0.25) is 11.8 Å². The van der Waals surface area contributed by atoms with E-state index in [1.54, 1.807) is 12.0 Å². The van der Waals surface area contributed by atoms with Crippen molar-refractivity contribution in [3.8, 4) is 11.8 Å². The molecular formula is C28H31N5O3S. The van der Waals surface area contributed by atoms with Crippen molar-refractivity contribution in [1.82, 2.24) is 14.5 Å². The van der Waals surface area contributed by atoms with E-state index < -0.39 is 0 Å². The number of allylic oxidation sites excluding steroid dienone is 1. The van der Waals surface area contributed by atoms with Crippen LogP contribution in [0.2, 0.25) is 0 Å². The number of aromatic nitrogens is 2. The number of benzene rings is 1. The first-order chi connectivity index (χ1) is 17.7. The number of carbonyl (C=O) groups is 2. The van der Waals surface area contributed by atoms with Crippen molar-refractivity contribution >= 4 is 33.7 Å². The highest BCUT2D eigenvalue weighted by atomic mass is 32.1. The molecule has 0 saturated heterocycles. The fourth-order valence-corrected chi connectivity index (χ4v) is 5.69. The molecule has 0 saturated carbocycles. The van der Waals surface area contributed by atoms with E-state index in [0.29, 0.717) is 30.1 Å². The van der Waals surface area contributed by atoms with Crippen molar-refractivity contribution < 1.29 is 14.3 Å². The van der Waals surface area contributed by atoms with Gasteiger partial charge in [0.25, 0.3) is 0 Å². The van der Waals surface area contributed by atoms with Crippen LogP contribution < -0.4 is 10.1 Å². The van der Waals surface area contributed by atoms with Crippen LogP contribution in [0, 0.1) is 18.3 Å². The predicted molar refractivity (Wildman–Crippen MR) is 144 cm³/mol. The van der Waals surface area contributed by atoms with E-state index in [0.717, 1.165) is 38.8 Å². The van der Waals surface area contributed by atoms with Gasteiger partial charge in [-0.1, -0.05) is 25.6 Å². The number of fused-ring (bicyclic) bond motifs is 1. The molecule has 1 aromatic carbocycles. The number of thiophene rings is 1. The van der Waals surface area contributed by atoms with E-state index in [1.807, 2.05) is 55.8 Å². The molecule has 192 valence electrons. The van der Waals surface area contributed by atoms with Crippen LogP contribution in [-0.2, 0) is 29.1 Å². The maximum Gasteiger partial charge on any atom is 0.242 e. The molecule has 0 bridgehead atoms. The Morgan fingerprint density at radius 3 is 2.84 bits per heavy atom. The average Bonchev–Trinajstić information content (AvgIpc) is 3.42. The number of methoxy groups -OCH3 is 1. The highest BCUT2D eigenvalue weighted by Gasteiger charge is 2.28. The highest BCUT2D eigenvalue weighted by molar-refractivity contribution is 7.16. The van der Waals surface area contributed by atoms with Gasteiger partial charge >= 0.3 is 0 Å². The average molecular weight is 518 g/mol. The summed E-state index contributed by atoms with van der Waals surface area (Å²) in [6.45, 7) is 10.8. The summed E-state index contributed by atoms with van der Waals surface area (Å²) in [5.41, 5.74) is 4.08. The van der Waals surface area contributed by atoms with Crippen molar-refractivity contribution in [3.05, 3.63) is 70.1 Å². The zero-order valence-electron chi connectivity index (χ0n) is 21.6. The molecule has 0 radical (unpaired) electrons. The second-order valence-electron chi connectivity index (χ2n) is 9.40. The molecule has 0 aliphatic carbocycles. The van der Waals surface area contributed by atoms with E-state index in [-0.39, 0.29) is 30.7 Å². The lowest BCUT2D eigenvalue weighted by Crippen LogP contribution is -2.37. The molecule has 4 rings (SSSR count). The van der Waals surface area contributed by atoms with E-state index in [1.165, 1.54) is 11.3 Å². The number of hydrogen-bond donors (Lipinski definition) is 1. The summed E-state index contributed by atoms with van der Waals surface area (Å²) in [6, 6.07) is 9.95. The minimum absolute atomic E-state index is 0.0102. The Morgan fingerprint density at radius 2 is 2.16 bits per heavy atom. The van der Waals surface area contributed by atoms with Crippen LogP contribution in [0.15, 0.2) is 37.0 Å². The van der Waals surface area contributed by atoms with Crippen LogP contribution in [0.5, 0.6) is 5.75 Å². The number of aryl methyl sites for hydroxylation is 1. The molecule has 0 fully saturated rings. The van der Waals surface area contributed by atoms with Crippen molar-refractivity contribution in [2.24, 2.45) is 0 Å². The van der Waals surface area contributed by atoms with Crippen LogP contribution in [0.1, 0.15) is 59.3 Å². The predicted octanol–water partition coefficient (Wildman–Crippen LogP) is 4.88. The first-order valence-corrected chi connectivity index (χ1v) is 13.0. The normalized spacial score (nSPS) is 13.4. The minimum atomic E-state index is -0.151. The van der Waals surface area contributed by atoms with Gasteiger partial charge in [-0.05, 0) is 55.0 Å². The molecule has 1 atom stereocenters. The minimum Gasteiger partial charge on any atom is -0.497 e. The van der Waals surface area contributed by atoms with Crippen LogP contribution in [0.25, 0.3) is 5.57 Å². The zero-order valence-corrected chi connectivity index (χ0v) is 22.4. The SMILES string of the molecule is C=C(C)c1cn(CC(=O)N2CCc3c(sc(NC(=O)CC(C)c4cccc(OC)c4)c3C#N)C2)c(C)n1. The number of ether oxygens (including phenoxy) is 1. The van der Waals surface area contributed by atoms with Gasteiger partial charge in [0.05, 0.1) is 24.9 Å². The van der Waals surface area contributed by atoms with Crippen molar-refractivity contribution in [2.75, 3.05) is 19.0 Å². The van der Waals surface area contributed by atoms with Gasteiger partial charge in [-0.2, -0.15) is 5.26 Å². The number of anilines is 1. The van der Waals surface area contributed by atoms with Gasteiger partial charge in [-0.15, -0.1) is 11.3 Å². The number of rotatable bonds is 8. The molecule has 1 N–H and O–H groups in total. The summed E-state index contributed by atoms with van der Waals surface area (Å²) in [4.78, 5) is 33.1. The van der Waals surface area contributed by atoms with Gasteiger partial charge in [0.1, 0.15) is 29.2 Å². The molecule has 3 aromatic rings. The van der Waals surface area contributed by atoms with E-state index in [2.05, 4.69) is 22.9 Å². The second kappa shape index (κ2) is 11.0. The van der Waals surface area contributed by atoms with Crippen LogP contribution in [0.4, 0.5) is 5.00 Å². The lowest BCUT2D eigenvalue weighted by molar-refractivity contribution is -0.132. The fourth-order valence-electron chi connectivity index (χ4n) is 4.46. The molecule has 37 heavy (non-hydrogen) atoms.